The van der Waals surface area contributed by atoms with Gasteiger partial charge in [-0.2, -0.15) is 5.10 Å². The summed E-state index contributed by atoms with van der Waals surface area (Å²) in [5.41, 5.74) is 4.92. The molecule has 0 aromatic carbocycles. The highest BCUT2D eigenvalue weighted by Gasteiger charge is 2.16. The average molecular weight is 144 g/mol. The van der Waals surface area contributed by atoms with Gasteiger partial charge in [-0.25, -0.2) is 0 Å². The van der Waals surface area contributed by atoms with Gasteiger partial charge in [-0.1, -0.05) is 11.8 Å². The summed E-state index contributed by atoms with van der Waals surface area (Å²) in [6, 6.07) is 0. The number of carbonyl (C=O) groups is 1. The second-order valence-electron chi connectivity index (χ2n) is 1.57. The molecule has 0 saturated carbocycles. The number of thioether (sulfide) groups is 1. The fourth-order valence-electron chi connectivity index (χ4n) is 0.424. The van der Waals surface area contributed by atoms with Crippen molar-refractivity contribution in [2.45, 2.75) is 0 Å². The molecule has 0 aromatic heterocycles. The predicted molar refractivity (Wildman–Crippen MR) is 36.3 cm³/mol. The zero-order valence-corrected chi connectivity index (χ0v) is 5.68. The quantitative estimate of drug-likeness (QED) is 0.544. The number of primary amides is 1. The topological polar surface area (TPSA) is 58.7 Å². The first-order chi connectivity index (χ1) is 4.20. The lowest BCUT2D eigenvalue weighted by atomic mass is 10.7. The lowest BCUT2D eigenvalue weighted by molar-refractivity contribution is -0.111. The minimum atomic E-state index is -0.472. The van der Waals surface area contributed by atoms with E-state index in [-0.39, 0.29) is 0 Å². The Morgan fingerprint density at radius 1 is 2.00 bits per heavy atom. The number of amides is 1. The lowest BCUT2D eigenvalue weighted by Gasteiger charge is -1.97. The molecule has 4 nitrogen and oxygen atoms in total. The van der Waals surface area contributed by atoms with Gasteiger partial charge >= 0.3 is 0 Å². The van der Waals surface area contributed by atoms with Crippen molar-refractivity contribution in [2.75, 3.05) is 7.05 Å². The van der Waals surface area contributed by atoms with E-state index in [0.717, 1.165) is 0 Å². The monoisotopic (exact) mass is 144 g/mol. The van der Waals surface area contributed by atoms with Gasteiger partial charge in [0.25, 0.3) is 5.91 Å². The van der Waals surface area contributed by atoms with Crippen molar-refractivity contribution in [1.82, 2.24) is 5.01 Å². The molecule has 49 valence electrons. The van der Waals surface area contributed by atoms with Gasteiger partial charge in [0.1, 0.15) is 5.88 Å². The van der Waals surface area contributed by atoms with Gasteiger partial charge in [0.15, 0.2) is 5.04 Å². The van der Waals surface area contributed by atoms with Gasteiger partial charge in [0.2, 0.25) is 0 Å². The first-order valence-corrected chi connectivity index (χ1v) is 3.19. The molecule has 1 aliphatic rings. The van der Waals surface area contributed by atoms with Crippen LogP contribution in [0.4, 0.5) is 0 Å². The molecule has 1 rings (SSSR count). The van der Waals surface area contributed by atoms with E-state index in [1.165, 1.54) is 11.8 Å². The summed E-state index contributed by atoms with van der Waals surface area (Å²) in [4.78, 5) is 10.4. The third-order valence-electron chi connectivity index (χ3n) is 0.776. The van der Waals surface area contributed by atoms with Crippen LogP contribution < -0.4 is 5.73 Å². The van der Waals surface area contributed by atoms with E-state index in [2.05, 4.69) is 5.10 Å². The smallest absolute Gasteiger partial charge is 0.275 e. The highest BCUT2D eigenvalue weighted by Crippen LogP contribution is 2.18. The minimum absolute atomic E-state index is 0.345. The molecule has 9 heavy (non-hydrogen) atoms. The first kappa shape index (κ1) is 6.41. The minimum Gasteiger partial charge on any atom is -0.364 e. The van der Waals surface area contributed by atoms with Gasteiger partial charge in [-0.3, -0.25) is 9.80 Å². The van der Waals surface area contributed by atoms with E-state index in [4.69, 9.17) is 5.73 Å². The van der Waals surface area contributed by atoms with Crippen LogP contribution in [0.15, 0.2) is 5.10 Å². The third kappa shape index (κ3) is 1.35. The molecule has 0 aliphatic carbocycles. The average Bonchev–Trinajstić information content (AvgIpc) is 2.14. The standard InChI is InChI=1S/C4H6N3OS/c1-7-2-9-4(6-7)3(5)8/h2H,1H3,(H2,5,8). The Bertz CT molecular complexity index is 167. The van der Waals surface area contributed by atoms with E-state index in [1.54, 1.807) is 17.9 Å². The lowest BCUT2D eigenvalue weighted by Crippen LogP contribution is -2.18. The normalized spacial score (nSPS) is 17.9. The van der Waals surface area contributed by atoms with E-state index in [1.807, 2.05) is 0 Å². The molecular weight excluding hydrogens is 138 g/mol. The maximum absolute atomic E-state index is 10.4. The molecule has 0 atom stereocenters. The molecule has 0 spiro atoms. The third-order valence-corrected chi connectivity index (χ3v) is 1.69. The van der Waals surface area contributed by atoms with Crippen LogP contribution in [-0.2, 0) is 4.79 Å². The zero-order chi connectivity index (χ0) is 6.85. The van der Waals surface area contributed by atoms with Gasteiger partial charge in [0.05, 0.1) is 0 Å². The maximum atomic E-state index is 10.4. The van der Waals surface area contributed by atoms with Crippen LogP contribution in [0.25, 0.3) is 0 Å². The Kier molecular flexibility index (Phi) is 1.61. The molecule has 0 bridgehead atoms. The Balaban J connectivity index is 2.62. The van der Waals surface area contributed by atoms with Crippen LogP contribution in [-0.4, -0.2) is 23.0 Å². The summed E-state index contributed by atoms with van der Waals surface area (Å²) in [6.07, 6.45) is 0. The number of hydrogen-bond donors (Lipinski definition) is 1. The summed E-state index contributed by atoms with van der Waals surface area (Å²) in [5, 5.41) is 5.66. The number of hydrazone groups is 1. The van der Waals surface area contributed by atoms with Crippen molar-refractivity contribution in [3.8, 4) is 0 Å². The van der Waals surface area contributed by atoms with E-state index >= 15 is 0 Å². The molecular formula is C4H6N3OS. The second kappa shape index (κ2) is 2.26. The van der Waals surface area contributed by atoms with Crippen LogP contribution >= 0.6 is 11.8 Å². The van der Waals surface area contributed by atoms with Gasteiger partial charge in [0, 0.05) is 7.05 Å². The molecule has 0 fully saturated rings. The number of nitrogens with zero attached hydrogens (tertiary/aromatic N) is 2. The van der Waals surface area contributed by atoms with Crippen molar-refractivity contribution in [3.05, 3.63) is 5.88 Å². The maximum Gasteiger partial charge on any atom is 0.275 e. The Labute approximate surface area is 57.1 Å². The molecule has 1 heterocycles. The number of rotatable bonds is 1. The Morgan fingerprint density at radius 3 is 2.89 bits per heavy atom. The molecule has 0 saturated heterocycles. The van der Waals surface area contributed by atoms with Crippen LogP contribution in [0.5, 0.6) is 0 Å². The number of hydrogen-bond acceptors (Lipinski definition) is 4. The molecule has 1 radical (unpaired) electrons. The van der Waals surface area contributed by atoms with E-state index < -0.39 is 5.91 Å². The largest absolute Gasteiger partial charge is 0.364 e. The van der Waals surface area contributed by atoms with Crippen LogP contribution in [0.3, 0.4) is 0 Å². The summed E-state index contributed by atoms with van der Waals surface area (Å²) < 4.78 is 0. The van der Waals surface area contributed by atoms with Crippen molar-refractivity contribution >= 4 is 22.7 Å². The van der Waals surface area contributed by atoms with Crippen LogP contribution in [0.1, 0.15) is 0 Å². The summed E-state index contributed by atoms with van der Waals surface area (Å²) >= 11 is 1.23. The van der Waals surface area contributed by atoms with Crippen molar-refractivity contribution in [1.29, 1.82) is 0 Å². The van der Waals surface area contributed by atoms with Crippen LogP contribution in [0, 0.1) is 5.88 Å². The summed E-state index contributed by atoms with van der Waals surface area (Å²) in [5.74, 6) is 1.24. The van der Waals surface area contributed by atoms with Gasteiger partial charge in [-0.15, -0.1) is 0 Å². The predicted octanol–water partition coefficient (Wildman–Crippen LogP) is -0.417. The molecule has 1 aliphatic heterocycles. The number of carbonyl (C=O) groups excluding carboxylic acids is 1. The van der Waals surface area contributed by atoms with E-state index in [0.29, 0.717) is 5.04 Å². The second-order valence-corrected chi connectivity index (χ2v) is 2.40. The van der Waals surface area contributed by atoms with Crippen molar-refractivity contribution in [2.24, 2.45) is 10.8 Å². The van der Waals surface area contributed by atoms with Crippen LogP contribution in [0.2, 0.25) is 0 Å². The fourth-order valence-corrected chi connectivity index (χ4v) is 1.02. The number of nitrogens with two attached hydrogens (primary N) is 1. The highest BCUT2D eigenvalue weighted by atomic mass is 32.2. The molecule has 2 N–H and O–H groups in total. The summed E-state index contributed by atoms with van der Waals surface area (Å²) in [6.45, 7) is 0. The molecule has 1 amide bonds. The zero-order valence-electron chi connectivity index (χ0n) is 4.87. The Hall–Kier alpha value is -0.710. The fraction of sp³-hybridized carbons (Fsp3) is 0.250. The van der Waals surface area contributed by atoms with Crippen molar-refractivity contribution in [3.63, 3.8) is 0 Å². The van der Waals surface area contributed by atoms with Gasteiger partial charge < -0.3 is 5.73 Å². The van der Waals surface area contributed by atoms with E-state index in [9.17, 15) is 4.79 Å². The first-order valence-electron chi connectivity index (χ1n) is 2.31. The summed E-state index contributed by atoms with van der Waals surface area (Å²) in [7, 11) is 1.74. The SMILES string of the molecule is CN1[CH]SC(C(N)=O)=N1. The van der Waals surface area contributed by atoms with Gasteiger partial charge in [-0.05, 0) is 0 Å². The molecule has 0 aromatic rings. The highest BCUT2D eigenvalue weighted by molar-refractivity contribution is 8.17. The molecule has 0 unspecified atom stereocenters. The Morgan fingerprint density at radius 2 is 2.67 bits per heavy atom. The van der Waals surface area contributed by atoms with Crippen molar-refractivity contribution < 1.29 is 4.79 Å². The molecule has 5 heteroatoms.